The molecule has 60 heavy (non-hydrogen) atoms. The van der Waals surface area contributed by atoms with Gasteiger partial charge in [0.1, 0.15) is 24.4 Å². The highest BCUT2D eigenvalue weighted by Crippen LogP contribution is 2.39. The summed E-state index contributed by atoms with van der Waals surface area (Å²) in [6.07, 6.45) is -8.74. The summed E-state index contributed by atoms with van der Waals surface area (Å²) in [5.41, 5.74) is 1.75. The standard InChI is InChI=1S/C45H73NO12Si2/c1-31(32(2)55-28-33-21-17-15-18-22-33)36(58-60(13,14)45(3,4)5)27-35(47)38(56-29-34-23-19-16-20-24-34)42(48)46(44(49)54-25-26-59(10,11)12)43-41(53-9)40(52-8)39(51-7)37(57-43)30-50-6/h15-24,31-32,36-41,43H,25-30H2,1-14H3/t31-,32+,36+,37+,38-,39+,40-,41+,43+/m0/s1. The van der Waals surface area contributed by atoms with Crippen LogP contribution in [0.25, 0.3) is 0 Å². The van der Waals surface area contributed by atoms with Crippen molar-refractivity contribution in [3.63, 3.8) is 0 Å². The first-order valence-electron chi connectivity index (χ1n) is 20.9. The number of benzene rings is 2. The van der Waals surface area contributed by atoms with Crippen LogP contribution in [0, 0.1) is 5.92 Å². The first kappa shape index (κ1) is 51.5. The molecule has 1 saturated heterocycles. The van der Waals surface area contributed by atoms with E-state index in [0.717, 1.165) is 16.0 Å². The zero-order valence-corrected chi connectivity index (χ0v) is 40.6. The third kappa shape index (κ3) is 14.6. The van der Waals surface area contributed by atoms with E-state index in [4.69, 9.17) is 42.3 Å². The maximum atomic E-state index is 15.3. The van der Waals surface area contributed by atoms with Crippen LogP contribution in [0.15, 0.2) is 60.7 Å². The molecule has 2 aromatic carbocycles. The summed E-state index contributed by atoms with van der Waals surface area (Å²) in [5.74, 6) is -1.82. The van der Waals surface area contributed by atoms with Gasteiger partial charge in [0.2, 0.25) is 0 Å². The van der Waals surface area contributed by atoms with Gasteiger partial charge in [-0.2, -0.15) is 0 Å². The molecule has 1 aliphatic rings. The van der Waals surface area contributed by atoms with Crippen molar-refractivity contribution in [1.29, 1.82) is 0 Å². The number of hydrogen-bond donors (Lipinski definition) is 0. The molecular weight excluding hydrogens is 803 g/mol. The molecule has 9 atom stereocenters. The van der Waals surface area contributed by atoms with Gasteiger partial charge in [0.25, 0.3) is 5.91 Å². The second-order valence-corrected chi connectivity index (χ2v) is 28.8. The highest BCUT2D eigenvalue weighted by Gasteiger charge is 2.54. The molecule has 338 valence electrons. The number of hydrogen-bond acceptors (Lipinski definition) is 12. The molecule has 0 aromatic heterocycles. The molecule has 1 heterocycles. The summed E-state index contributed by atoms with van der Waals surface area (Å²) < 4.78 is 55.1. The number of amides is 2. The van der Waals surface area contributed by atoms with Gasteiger partial charge in [-0.15, -0.1) is 0 Å². The molecule has 3 rings (SSSR count). The summed E-state index contributed by atoms with van der Waals surface area (Å²) in [7, 11) is 1.74. The maximum absolute atomic E-state index is 15.3. The largest absolute Gasteiger partial charge is 0.449 e. The minimum absolute atomic E-state index is 0.0414. The van der Waals surface area contributed by atoms with Crippen LogP contribution < -0.4 is 0 Å². The molecule has 2 aromatic rings. The third-order valence-corrected chi connectivity index (χ3v) is 17.8. The Morgan fingerprint density at radius 3 is 1.78 bits per heavy atom. The Labute approximate surface area is 361 Å². The second-order valence-electron chi connectivity index (χ2n) is 18.4. The summed E-state index contributed by atoms with van der Waals surface area (Å²) in [4.78, 5) is 45.5. The number of methoxy groups -OCH3 is 4. The van der Waals surface area contributed by atoms with Crippen molar-refractivity contribution < 1.29 is 56.7 Å². The zero-order valence-electron chi connectivity index (χ0n) is 38.6. The average Bonchev–Trinajstić information content (AvgIpc) is 3.19. The summed E-state index contributed by atoms with van der Waals surface area (Å²) in [6.45, 7) is 21.5. The smallest absolute Gasteiger partial charge is 0.418 e. The Morgan fingerprint density at radius 2 is 1.30 bits per heavy atom. The minimum Gasteiger partial charge on any atom is -0.449 e. The number of carbonyl (C=O) groups is 3. The van der Waals surface area contributed by atoms with Crippen LogP contribution in [0.5, 0.6) is 0 Å². The lowest BCUT2D eigenvalue weighted by atomic mass is 9.93. The molecule has 0 radical (unpaired) electrons. The minimum atomic E-state index is -2.50. The van der Waals surface area contributed by atoms with E-state index in [1.54, 1.807) is 0 Å². The van der Waals surface area contributed by atoms with Gasteiger partial charge in [-0.05, 0) is 42.2 Å². The topological polar surface area (TPSA) is 138 Å². The molecule has 13 nitrogen and oxygen atoms in total. The molecule has 0 unspecified atom stereocenters. The predicted molar refractivity (Wildman–Crippen MR) is 236 cm³/mol. The summed E-state index contributed by atoms with van der Waals surface area (Å²) in [5, 5.41) is -0.193. The van der Waals surface area contributed by atoms with Gasteiger partial charge < -0.3 is 42.3 Å². The van der Waals surface area contributed by atoms with Gasteiger partial charge in [-0.3, -0.25) is 9.59 Å². The fraction of sp³-hybridized carbons (Fsp3) is 0.667. The Hall–Kier alpha value is -2.84. The first-order valence-corrected chi connectivity index (χ1v) is 27.5. The lowest BCUT2D eigenvalue weighted by Gasteiger charge is -2.47. The third-order valence-electron chi connectivity index (χ3n) is 11.6. The highest BCUT2D eigenvalue weighted by atomic mass is 28.4. The summed E-state index contributed by atoms with van der Waals surface area (Å²) in [6, 6.07) is 19.7. The lowest BCUT2D eigenvalue weighted by molar-refractivity contribution is -0.274. The van der Waals surface area contributed by atoms with Crippen LogP contribution in [0.3, 0.4) is 0 Å². The van der Waals surface area contributed by atoms with E-state index in [1.807, 2.05) is 74.5 Å². The van der Waals surface area contributed by atoms with Crippen molar-refractivity contribution in [2.45, 2.75) is 147 Å². The van der Waals surface area contributed by atoms with E-state index >= 15 is 4.79 Å². The summed E-state index contributed by atoms with van der Waals surface area (Å²) >= 11 is 0. The Morgan fingerprint density at radius 1 is 0.767 bits per heavy atom. The van der Waals surface area contributed by atoms with Crippen LogP contribution >= 0.6 is 0 Å². The van der Waals surface area contributed by atoms with Gasteiger partial charge in [-0.1, -0.05) is 108 Å². The molecule has 0 bridgehead atoms. The number of nitrogens with zero attached hydrogens (tertiary/aromatic N) is 1. The molecule has 1 fully saturated rings. The SMILES string of the molecule is COC[C@H]1O[C@@H](N(C(=O)OCC[Si](C)(C)C)C(=O)[C@@H](OCc2ccccc2)C(=O)C[C@@H](O[Si](C)(C)C(C)(C)C)[C@@H](C)[C@@H](C)OCc2ccccc2)[C@H](OC)[C@@H](OC)[C@@H]1OC. The van der Waals surface area contributed by atoms with Gasteiger partial charge >= 0.3 is 6.09 Å². The Balaban J connectivity index is 2.13. The van der Waals surface area contributed by atoms with Gasteiger partial charge in [-0.25, -0.2) is 9.69 Å². The molecule has 2 amide bonds. The van der Waals surface area contributed by atoms with Crippen LogP contribution in [0.4, 0.5) is 4.79 Å². The number of imide groups is 1. The molecule has 0 saturated carbocycles. The van der Waals surface area contributed by atoms with E-state index < -0.39 is 77.0 Å². The van der Waals surface area contributed by atoms with Crippen molar-refractivity contribution in [2.75, 3.05) is 41.7 Å². The fourth-order valence-electron chi connectivity index (χ4n) is 6.67. The van der Waals surface area contributed by atoms with Crippen molar-refractivity contribution in [2.24, 2.45) is 5.92 Å². The van der Waals surface area contributed by atoms with Gasteiger partial charge in [0.15, 0.2) is 26.4 Å². The van der Waals surface area contributed by atoms with Gasteiger partial charge in [0.05, 0.1) is 38.6 Å². The van der Waals surface area contributed by atoms with Gasteiger partial charge in [0, 0.05) is 48.9 Å². The molecular formula is C45H73NO12Si2. The Kier molecular flexibility index (Phi) is 20.2. The van der Waals surface area contributed by atoms with Crippen molar-refractivity contribution >= 4 is 34.2 Å². The van der Waals surface area contributed by atoms with Crippen molar-refractivity contribution in [3.05, 3.63) is 71.8 Å². The number of Topliss-reactive ketones (excluding diaryl/α,β-unsaturated/α-hetero) is 1. The number of ketones is 1. The molecule has 0 N–H and O–H groups in total. The van der Waals surface area contributed by atoms with Crippen LogP contribution in [0.1, 0.15) is 52.2 Å². The zero-order chi connectivity index (χ0) is 44.8. The van der Waals surface area contributed by atoms with E-state index in [-0.39, 0.29) is 43.3 Å². The number of carbonyl (C=O) groups excluding carboxylic acids is 3. The maximum Gasteiger partial charge on any atom is 0.418 e. The van der Waals surface area contributed by atoms with E-state index in [0.29, 0.717) is 12.7 Å². The molecule has 15 heteroatoms. The predicted octanol–water partition coefficient (Wildman–Crippen LogP) is 7.88. The number of rotatable bonds is 23. The first-order chi connectivity index (χ1) is 28.2. The van der Waals surface area contributed by atoms with E-state index in [2.05, 4.69) is 53.5 Å². The highest BCUT2D eigenvalue weighted by molar-refractivity contribution is 6.76. The normalized spacial score (nSPS) is 22.1. The van der Waals surface area contributed by atoms with E-state index in [1.165, 1.54) is 28.4 Å². The molecule has 1 aliphatic heterocycles. The second kappa shape index (κ2) is 23.6. The van der Waals surface area contributed by atoms with Crippen molar-refractivity contribution in [3.8, 4) is 0 Å². The Bertz CT molecular complexity index is 1600. The lowest BCUT2D eigenvalue weighted by Crippen LogP contribution is -2.67. The van der Waals surface area contributed by atoms with Crippen LogP contribution in [0.2, 0.25) is 43.8 Å². The molecule has 0 aliphatic carbocycles. The number of ether oxygens (including phenoxy) is 8. The quantitative estimate of drug-likeness (QED) is 0.0794. The van der Waals surface area contributed by atoms with E-state index in [9.17, 15) is 9.59 Å². The van der Waals surface area contributed by atoms with Crippen LogP contribution in [-0.4, -0.2) is 130 Å². The molecule has 0 spiro atoms. The van der Waals surface area contributed by atoms with Crippen molar-refractivity contribution in [1.82, 2.24) is 4.90 Å². The van der Waals surface area contributed by atoms with Crippen LogP contribution in [-0.2, 0) is 65.1 Å². The monoisotopic (exact) mass is 875 g/mol. The fourth-order valence-corrected chi connectivity index (χ4v) is 8.80. The average molecular weight is 876 g/mol.